The molecule has 2 amide bonds. The summed E-state index contributed by atoms with van der Waals surface area (Å²) in [6.45, 7) is 9.68. The molecule has 0 aliphatic carbocycles. The zero-order valence-corrected chi connectivity index (χ0v) is 27.4. The van der Waals surface area contributed by atoms with E-state index in [2.05, 4.69) is 15.9 Å². The Morgan fingerprint density at radius 1 is 0.902 bits per heavy atom. The van der Waals surface area contributed by atoms with Crippen LogP contribution in [0.25, 0.3) is 0 Å². The van der Waals surface area contributed by atoms with Gasteiger partial charge in [0.05, 0.1) is 22.0 Å². The zero-order valence-electron chi connectivity index (χ0n) is 24.4. The molecule has 2 aliphatic heterocycles. The van der Waals surface area contributed by atoms with Crippen molar-refractivity contribution in [3.05, 3.63) is 67.6 Å². The van der Waals surface area contributed by atoms with Crippen molar-refractivity contribution in [2.24, 2.45) is 0 Å². The van der Waals surface area contributed by atoms with Gasteiger partial charge in [-0.15, -0.1) is 0 Å². The second-order valence-corrected chi connectivity index (χ2v) is 13.8. The second-order valence-electron chi connectivity index (χ2n) is 12.1. The molecule has 0 N–H and O–H groups in total. The molecule has 2 fully saturated rings. The molecule has 10 heteroatoms. The standard InChI is InChI=1S/C31H40Cl4N4O2/c1-30(2,29(41)36(3)4)39-14-12-37(13-15-39)11-9-31(23-6-7-26(34)27(35)19-23)8-5-10-38(21-31)28(40)18-22-16-24(32)20-25(33)17-22/h6-7,16-17,19-20H,5,8-15,18,21H2,1-4H3. The normalized spacial score (nSPS) is 20.7. The molecule has 2 aromatic rings. The predicted octanol–water partition coefficient (Wildman–Crippen LogP) is 6.28. The molecule has 4 rings (SSSR count). The number of halogens is 4. The van der Waals surface area contributed by atoms with Gasteiger partial charge in [0.15, 0.2) is 0 Å². The van der Waals surface area contributed by atoms with Gasteiger partial charge in [0.25, 0.3) is 0 Å². The number of hydrogen-bond acceptors (Lipinski definition) is 4. The maximum atomic E-state index is 13.5. The van der Waals surface area contributed by atoms with E-state index in [0.29, 0.717) is 33.2 Å². The number of benzene rings is 2. The first-order chi connectivity index (χ1) is 19.3. The third-order valence-electron chi connectivity index (χ3n) is 8.74. The van der Waals surface area contributed by atoms with Crippen LogP contribution in [0.5, 0.6) is 0 Å². The highest BCUT2D eigenvalue weighted by Gasteiger charge is 2.41. The lowest BCUT2D eigenvalue weighted by atomic mass is 9.71. The smallest absolute Gasteiger partial charge is 0.242 e. The Labute approximate surface area is 264 Å². The van der Waals surface area contributed by atoms with Gasteiger partial charge in [-0.05, 0) is 81.1 Å². The lowest BCUT2D eigenvalue weighted by Crippen LogP contribution is -2.60. The monoisotopic (exact) mass is 640 g/mol. The molecule has 0 bridgehead atoms. The number of amides is 2. The van der Waals surface area contributed by atoms with E-state index < -0.39 is 5.54 Å². The molecule has 0 saturated carbocycles. The summed E-state index contributed by atoms with van der Waals surface area (Å²) in [6, 6.07) is 11.2. The number of likely N-dealkylation sites (tertiary alicyclic amines) is 1. The predicted molar refractivity (Wildman–Crippen MR) is 170 cm³/mol. The van der Waals surface area contributed by atoms with E-state index in [1.54, 1.807) is 23.1 Å². The highest BCUT2D eigenvalue weighted by molar-refractivity contribution is 6.42. The minimum absolute atomic E-state index is 0.0638. The van der Waals surface area contributed by atoms with Gasteiger partial charge in [-0.3, -0.25) is 14.5 Å². The molecule has 0 aromatic heterocycles. The minimum atomic E-state index is -0.533. The zero-order chi connectivity index (χ0) is 29.9. The number of carbonyl (C=O) groups is 2. The highest BCUT2D eigenvalue weighted by Crippen LogP contribution is 2.40. The summed E-state index contributed by atoms with van der Waals surface area (Å²) < 4.78 is 0. The summed E-state index contributed by atoms with van der Waals surface area (Å²) in [4.78, 5) is 34.7. The van der Waals surface area contributed by atoms with Crippen LogP contribution in [-0.4, -0.2) is 96.9 Å². The number of piperazine rings is 1. The summed E-state index contributed by atoms with van der Waals surface area (Å²) in [6.07, 6.45) is 3.00. The number of carbonyl (C=O) groups excluding carboxylic acids is 2. The molecule has 2 saturated heterocycles. The topological polar surface area (TPSA) is 47.1 Å². The maximum absolute atomic E-state index is 13.5. The van der Waals surface area contributed by atoms with Crippen molar-refractivity contribution in [3.8, 4) is 0 Å². The fourth-order valence-electron chi connectivity index (χ4n) is 6.34. The Morgan fingerprint density at radius 3 is 2.17 bits per heavy atom. The van der Waals surface area contributed by atoms with E-state index in [4.69, 9.17) is 46.4 Å². The first-order valence-electron chi connectivity index (χ1n) is 14.2. The van der Waals surface area contributed by atoms with Crippen LogP contribution in [-0.2, 0) is 21.4 Å². The number of rotatable bonds is 8. The van der Waals surface area contributed by atoms with Gasteiger partial charge in [0.2, 0.25) is 11.8 Å². The number of likely N-dealkylation sites (N-methyl/N-ethyl adjacent to an activating group) is 1. The first kappa shape index (κ1) is 32.4. The highest BCUT2D eigenvalue weighted by atomic mass is 35.5. The van der Waals surface area contributed by atoms with Crippen LogP contribution in [0.3, 0.4) is 0 Å². The van der Waals surface area contributed by atoms with Crippen LogP contribution >= 0.6 is 46.4 Å². The van der Waals surface area contributed by atoms with Crippen molar-refractivity contribution >= 4 is 58.2 Å². The van der Waals surface area contributed by atoms with Crippen LogP contribution in [0, 0.1) is 0 Å². The van der Waals surface area contributed by atoms with E-state index >= 15 is 0 Å². The van der Waals surface area contributed by atoms with E-state index in [1.165, 1.54) is 0 Å². The van der Waals surface area contributed by atoms with Crippen molar-refractivity contribution in [2.45, 2.75) is 50.5 Å². The third kappa shape index (κ3) is 7.70. The third-order valence-corrected chi connectivity index (χ3v) is 9.91. The van der Waals surface area contributed by atoms with Gasteiger partial charge in [-0.2, -0.15) is 0 Å². The first-order valence-corrected chi connectivity index (χ1v) is 15.7. The van der Waals surface area contributed by atoms with E-state index in [9.17, 15) is 9.59 Å². The summed E-state index contributed by atoms with van der Waals surface area (Å²) in [5.74, 6) is 0.186. The van der Waals surface area contributed by atoms with Crippen LogP contribution < -0.4 is 0 Å². The van der Waals surface area contributed by atoms with Gasteiger partial charge in [-0.1, -0.05) is 52.5 Å². The van der Waals surface area contributed by atoms with Crippen molar-refractivity contribution in [3.63, 3.8) is 0 Å². The number of nitrogens with zero attached hydrogens (tertiary/aromatic N) is 4. The van der Waals surface area contributed by atoms with Crippen LogP contribution in [0.1, 0.15) is 44.2 Å². The van der Waals surface area contributed by atoms with Gasteiger partial charge in [-0.25, -0.2) is 0 Å². The summed E-state index contributed by atoms with van der Waals surface area (Å²) in [5, 5.41) is 2.11. The van der Waals surface area contributed by atoms with E-state index in [0.717, 1.165) is 63.1 Å². The molecule has 2 heterocycles. The molecule has 41 heavy (non-hydrogen) atoms. The molecule has 0 spiro atoms. The second kappa shape index (κ2) is 13.4. The Hall–Kier alpha value is -1.54. The molecule has 1 unspecified atom stereocenters. The lowest BCUT2D eigenvalue weighted by molar-refractivity contribution is -0.141. The van der Waals surface area contributed by atoms with Gasteiger partial charge in [0, 0.05) is 68.8 Å². The summed E-state index contributed by atoms with van der Waals surface area (Å²) in [7, 11) is 3.62. The molecule has 6 nitrogen and oxygen atoms in total. The minimum Gasteiger partial charge on any atom is -0.347 e. The molecule has 2 aliphatic rings. The average molecular weight is 642 g/mol. The maximum Gasteiger partial charge on any atom is 0.242 e. The average Bonchev–Trinajstić information content (AvgIpc) is 2.92. The van der Waals surface area contributed by atoms with Crippen LogP contribution in [0.2, 0.25) is 20.1 Å². The Morgan fingerprint density at radius 2 is 1.56 bits per heavy atom. The van der Waals surface area contributed by atoms with Crippen molar-refractivity contribution in [2.75, 3.05) is 59.9 Å². The van der Waals surface area contributed by atoms with Gasteiger partial charge in [0.1, 0.15) is 0 Å². The quantitative estimate of drug-likeness (QED) is 0.341. The molecular formula is C31H40Cl4N4O2. The SMILES string of the molecule is CN(C)C(=O)C(C)(C)N1CCN(CCC2(c3ccc(Cl)c(Cl)c3)CCCN(C(=O)Cc3cc(Cl)cc(Cl)c3)C2)CC1. The molecule has 0 radical (unpaired) electrons. The molecule has 224 valence electrons. The van der Waals surface area contributed by atoms with Gasteiger partial charge < -0.3 is 14.7 Å². The Bertz CT molecular complexity index is 1240. The van der Waals surface area contributed by atoms with Crippen molar-refractivity contribution in [1.29, 1.82) is 0 Å². The number of piperidine rings is 1. The van der Waals surface area contributed by atoms with E-state index in [-0.39, 0.29) is 23.7 Å². The Balaban J connectivity index is 1.48. The van der Waals surface area contributed by atoms with Crippen molar-refractivity contribution < 1.29 is 9.59 Å². The lowest BCUT2D eigenvalue weighted by Gasteiger charge is -2.46. The molecular weight excluding hydrogens is 602 g/mol. The van der Waals surface area contributed by atoms with E-state index in [1.807, 2.05) is 45.0 Å². The van der Waals surface area contributed by atoms with Crippen LogP contribution in [0.4, 0.5) is 0 Å². The number of hydrogen-bond donors (Lipinski definition) is 0. The van der Waals surface area contributed by atoms with Crippen LogP contribution in [0.15, 0.2) is 36.4 Å². The summed E-state index contributed by atoms with van der Waals surface area (Å²) in [5.41, 5.74) is 1.15. The fourth-order valence-corrected chi connectivity index (χ4v) is 7.21. The molecule has 1 atom stereocenters. The molecule has 2 aromatic carbocycles. The Kier molecular flexibility index (Phi) is 10.6. The summed E-state index contributed by atoms with van der Waals surface area (Å²) >= 11 is 25.2. The largest absolute Gasteiger partial charge is 0.347 e. The van der Waals surface area contributed by atoms with Crippen molar-refractivity contribution in [1.82, 2.24) is 19.6 Å². The van der Waals surface area contributed by atoms with Gasteiger partial charge >= 0.3 is 0 Å². The fraction of sp³-hybridized carbons (Fsp3) is 0.548.